The number of thioether (sulfide) groups is 1. The summed E-state index contributed by atoms with van der Waals surface area (Å²) in [5, 5.41) is 7.69. The van der Waals surface area contributed by atoms with Crippen molar-refractivity contribution in [2.75, 3.05) is 12.0 Å². The highest BCUT2D eigenvalue weighted by Gasteiger charge is 2.05. The van der Waals surface area contributed by atoms with Crippen LogP contribution in [-0.4, -0.2) is 27.8 Å². The number of rotatable bonds is 5. The van der Waals surface area contributed by atoms with Crippen molar-refractivity contribution in [3.63, 3.8) is 0 Å². The third-order valence-corrected chi connectivity index (χ3v) is 3.23. The molecular weight excluding hydrogens is 194 g/mol. The molecule has 4 heteroatoms. The Morgan fingerprint density at radius 2 is 2.36 bits per heavy atom. The molecule has 0 bridgehead atoms. The summed E-state index contributed by atoms with van der Waals surface area (Å²) in [7, 11) is 1.98. The van der Waals surface area contributed by atoms with Gasteiger partial charge in [0, 0.05) is 36.6 Å². The molecule has 1 heterocycles. The zero-order valence-corrected chi connectivity index (χ0v) is 10.2. The molecule has 1 rings (SSSR count). The van der Waals surface area contributed by atoms with E-state index >= 15 is 0 Å². The Balaban J connectivity index is 2.41. The second-order valence-corrected chi connectivity index (χ2v) is 4.53. The second-order valence-electron chi connectivity index (χ2n) is 3.62. The van der Waals surface area contributed by atoms with Crippen molar-refractivity contribution in [2.45, 2.75) is 26.4 Å². The number of aromatic nitrogens is 2. The maximum absolute atomic E-state index is 4.21. The van der Waals surface area contributed by atoms with Gasteiger partial charge in [0.2, 0.25) is 0 Å². The lowest BCUT2D eigenvalue weighted by molar-refractivity contribution is 0.593. The van der Waals surface area contributed by atoms with E-state index in [0.29, 0.717) is 6.04 Å². The van der Waals surface area contributed by atoms with Crippen LogP contribution in [0.5, 0.6) is 0 Å². The summed E-state index contributed by atoms with van der Waals surface area (Å²) in [6.07, 6.45) is 4.07. The monoisotopic (exact) mass is 213 g/mol. The maximum Gasteiger partial charge on any atom is 0.0537 e. The standard InChI is InChI=1S/C10H19N3S/c1-8(7-14-4)11-5-10-6-12-13(3)9(10)2/h6,8,11H,5,7H2,1-4H3. The maximum atomic E-state index is 4.21. The minimum absolute atomic E-state index is 0.560. The van der Waals surface area contributed by atoms with Gasteiger partial charge < -0.3 is 5.32 Å². The van der Waals surface area contributed by atoms with Crippen LogP contribution in [0.1, 0.15) is 18.2 Å². The van der Waals surface area contributed by atoms with Gasteiger partial charge in [-0.2, -0.15) is 16.9 Å². The minimum Gasteiger partial charge on any atom is -0.309 e. The van der Waals surface area contributed by atoms with Gasteiger partial charge in [-0.3, -0.25) is 4.68 Å². The summed E-state index contributed by atoms with van der Waals surface area (Å²) < 4.78 is 1.91. The highest BCUT2D eigenvalue weighted by molar-refractivity contribution is 7.98. The number of hydrogen-bond donors (Lipinski definition) is 1. The van der Waals surface area contributed by atoms with Crippen LogP contribution < -0.4 is 5.32 Å². The predicted molar refractivity (Wildman–Crippen MR) is 62.6 cm³/mol. The first-order valence-electron chi connectivity index (χ1n) is 4.85. The lowest BCUT2D eigenvalue weighted by Crippen LogP contribution is -2.27. The van der Waals surface area contributed by atoms with E-state index in [4.69, 9.17) is 0 Å². The average Bonchev–Trinajstić information content (AvgIpc) is 2.46. The van der Waals surface area contributed by atoms with Gasteiger partial charge in [0.15, 0.2) is 0 Å². The molecule has 1 aromatic rings. The molecule has 0 aromatic carbocycles. The van der Waals surface area contributed by atoms with Crippen molar-refractivity contribution >= 4 is 11.8 Å². The number of nitrogens with zero attached hydrogens (tertiary/aromatic N) is 2. The van der Waals surface area contributed by atoms with Gasteiger partial charge in [-0.15, -0.1) is 0 Å². The largest absolute Gasteiger partial charge is 0.309 e. The average molecular weight is 213 g/mol. The summed E-state index contributed by atoms with van der Waals surface area (Å²) in [6.45, 7) is 5.23. The number of hydrogen-bond acceptors (Lipinski definition) is 3. The van der Waals surface area contributed by atoms with E-state index in [1.807, 2.05) is 29.7 Å². The fourth-order valence-corrected chi connectivity index (χ4v) is 1.93. The van der Waals surface area contributed by atoms with Gasteiger partial charge in [0.25, 0.3) is 0 Å². The SMILES string of the molecule is CSCC(C)NCc1cnn(C)c1C. The van der Waals surface area contributed by atoms with Gasteiger partial charge in [-0.05, 0) is 20.1 Å². The Bertz CT molecular complexity index is 283. The van der Waals surface area contributed by atoms with E-state index in [2.05, 4.69) is 30.5 Å². The molecule has 0 fully saturated rings. The lowest BCUT2D eigenvalue weighted by atomic mass is 10.2. The Morgan fingerprint density at radius 3 is 2.86 bits per heavy atom. The topological polar surface area (TPSA) is 29.9 Å². The van der Waals surface area contributed by atoms with Crippen molar-refractivity contribution in [1.82, 2.24) is 15.1 Å². The molecule has 1 aromatic heterocycles. The Hall–Kier alpha value is -0.480. The van der Waals surface area contributed by atoms with Crippen LogP contribution in [0, 0.1) is 6.92 Å². The molecule has 3 nitrogen and oxygen atoms in total. The molecule has 0 amide bonds. The van der Waals surface area contributed by atoms with Crippen LogP contribution in [0.15, 0.2) is 6.20 Å². The van der Waals surface area contributed by atoms with E-state index in [1.165, 1.54) is 11.3 Å². The van der Waals surface area contributed by atoms with Gasteiger partial charge in [0.05, 0.1) is 6.20 Å². The molecule has 1 atom stereocenters. The summed E-state index contributed by atoms with van der Waals surface area (Å²) in [5.74, 6) is 1.15. The molecule has 0 radical (unpaired) electrons. The van der Waals surface area contributed by atoms with E-state index in [-0.39, 0.29) is 0 Å². The summed E-state index contributed by atoms with van der Waals surface area (Å²) in [6, 6.07) is 0.560. The van der Waals surface area contributed by atoms with E-state index in [1.54, 1.807) is 0 Å². The molecule has 0 saturated heterocycles. The summed E-state index contributed by atoms with van der Waals surface area (Å²) in [5.41, 5.74) is 2.54. The third kappa shape index (κ3) is 3.03. The molecule has 1 N–H and O–H groups in total. The normalized spacial score (nSPS) is 13.1. The molecule has 14 heavy (non-hydrogen) atoms. The van der Waals surface area contributed by atoms with Crippen molar-refractivity contribution < 1.29 is 0 Å². The van der Waals surface area contributed by atoms with Gasteiger partial charge in [-0.1, -0.05) is 0 Å². The quantitative estimate of drug-likeness (QED) is 0.805. The molecule has 0 saturated carbocycles. The van der Waals surface area contributed by atoms with Crippen LogP contribution in [0.25, 0.3) is 0 Å². The van der Waals surface area contributed by atoms with Crippen molar-refractivity contribution in [2.24, 2.45) is 7.05 Å². The van der Waals surface area contributed by atoms with Crippen molar-refractivity contribution in [3.8, 4) is 0 Å². The summed E-state index contributed by atoms with van der Waals surface area (Å²) in [4.78, 5) is 0. The first-order valence-corrected chi connectivity index (χ1v) is 6.24. The van der Waals surface area contributed by atoms with Crippen LogP contribution in [0.4, 0.5) is 0 Å². The highest BCUT2D eigenvalue weighted by atomic mass is 32.2. The first kappa shape index (κ1) is 11.6. The van der Waals surface area contributed by atoms with Crippen molar-refractivity contribution in [3.05, 3.63) is 17.5 Å². The van der Waals surface area contributed by atoms with Crippen LogP contribution in [0.2, 0.25) is 0 Å². The lowest BCUT2D eigenvalue weighted by Gasteiger charge is -2.11. The molecule has 0 spiro atoms. The van der Waals surface area contributed by atoms with Gasteiger partial charge in [-0.25, -0.2) is 0 Å². The summed E-state index contributed by atoms with van der Waals surface area (Å²) >= 11 is 1.87. The number of aryl methyl sites for hydroxylation is 1. The Labute approximate surface area is 90.3 Å². The highest BCUT2D eigenvalue weighted by Crippen LogP contribution is 2.05. The zero-order valence-electron chi connectivity index (χ0n) is 9.37. The molecule has 0 aliphatic rings. The van der Waals surface area contributed by atoms with Gasteiger partial charge in [0.1, 0.15) is 0 Å². The Kier molecular flexibility index (Phi) is 4.48. The molecule has 80 valence electrons. The molecule has 1 unspecified atom stereocenters. The Morgan fingerprint density at radius 1 is 1.64 bits per heavy atom. The molecule has 0 aliphatic heterocycles. The fourth-order valence-electron chi connectivity index (χ4n) is 1.31. The van der Waals surface area contributed by atoms with Crippen LogP contribution >= 0.6 is 11.8 Å². The minimum atomic E-state index is 0.560. The van der Waals surface area contributed by atoms with Crippen LogP contribution in [-0.2, 0) is 13.6 Å². The molecular formula is C10H19N3S. The number of nitrogens with one attached hydrogen (secondary N) is 1. The second kappa shape index (κ2) is 5.41. The zero-order chi connectivity index (χ0) is 10.6. The van der Waals surface area contributed by atoms with Crippen molar-refractivity contribution in [1.29, 1.82) is 0 Å². The van der Waals surface area contributed by atoms with E-state index in [0.717, 1.165) is 12.3 Å². The van der Waals surface area contributed by atoms with E-state index in [9.17, 15) is 0 Å². The fraction of sp³-hybridized carbons (Fsp3) is 0.700. The smallest absolute Gasteiger partial charge is 0.0537 e. The van der Waals surface area contributed by atoms with Gasteiger partial charge >= 0.3 is 0 Å². The predicted octanol–water partition coefficient (Wildman–Crippen LogP) is 1.57. The van der Waals surface area contributed by atoms with E-state index < -0.39 is 0 Å². The van der Waals surface area contributed by atoms with Crippen LogP contribution in [0.3, 0.4) is 0 Å². The third-order valence-electron chi connectivity index (χ3n) is 2.39. The first-order chi connectivity index (χ1) is 6.65. The molecule has 0 aliphatic carbocycles.